The van der Waals surface area contributed by atoms with Crippen LogP contribution >= 0.6 is 27.7 Å². The highest BCUT2D eigenvalue weighted by Crippen LogP contribution is 2.25. The molecule has 0 fully saturated rings. The molecule has 0 atom stereocenters. The largest absolute Gasteiger partial charge is 0.287 e. The van der Waals surface area contributed by atoms with Crippen molar-refractivity contribution in [2.45, 2.75) is 23.7 Å². The van der Waals surface area contributed by atoms with Gasteiger partial charge < -0.3 is 0 Å². The molecule has 0 aliphatic heterocycles. The first-order chi connectivity index (χ1) is 11.1. The van der Waals surface area contributed by atoms with Gasteiger partial charge in [-0.05, 0) is 49.0 Å². The number of fused-ring (bicyclic) bond motifs is 1. The third-order valence-electron chi connectivity index (χ3n) is 3.15. The van der Waals surface area contributed by atoms with E-state index in [0.717, 1.165) is 4.47 Å². The Morgan fingerprint density at radius 3 is 2.78 bits per heavy atom. The fourth-order valence-corrected chi connectivity index (χ4v) is 3.29. The van der Waals surface area contributed by atoms with E-state index in [4.69, 9.17) is 5.26 Å². The van der Waals surface area contributed by atoms with Crippen LogP contribution in [0.2, 0.25) is 0 Å². The van der Waals surface area contributed by atoms with Crippen molar-refractivity contribution in [1.29, 1.82) is 5.26 Å². The first kappa shape index (κ1) is 15.6. The zero-order chi connectivity index (χ0) is 16.4. The molecule has 2 heterocycles. The third-order valence-corrected chi connectivity index (χ3v) is 4.56. The van der Waals surface area contributed by atoms with E-state index in [2.05, 4.69) is 31.1 Å². The van der Waals surface area contributed by atoms with E-state index in [9.17, 15) is 4.79 Å². The number of hydrogen-bond acceptors (Lipinski definition) is 6. The Morgan fingerprint density at radius 1 is 1.30 bits per heavy atom. The van der Waals surface area contributed by atoms with Crippen molar-refractivity contribution >= 4 is 38.6 Å². The van der Waals surface area contributed by atoms with Crippen LogP contribution < -0.4 is 5.56 Å². The Balaban J connectivity index is 2.11. The minimum absolute atomic E-state index is 0.0945. The minimum atomic E-state index is -0.0945. The minimum Gasteiger partial charge on any atom is -0.287 e. The molecule has 3 rings (SSSR count). The van der Waals surface area contributed by atoms with Crippen molar-refractivity contribution in [3.63, 3.8) is 0 Å². The molecule has 0 spiro atoms. The molecule has 0 unspecified atom stereocenters. The van der Waals surface area contributed by atoms with Gasteiger partial charge in [-0.2, -0.15) is 5.26 Å². The van der Waals surface area contributed by atoms with Crippen LogP contribution in [0.4, 0.5) is 0 Å². The monoisotopic (exact) mass is 387 g/mol. The smallest absolute Gasteiger partial charge is 0.262 e. The van der Waals surface area contributed by atoms with Crippen LogP contribution in [-0.2, 0) is 6.54 Å². The van der Waals surface area contributed by atoms with Crippen LogP contribution in [-0.4, -0.2) is 19.7 Å². The van der Waals surface area contributed by atoms with Crippen molar-refractivity contribution in [3.8, 4) is 6.07 Å². The Kier molecular flexibility index (Phi) is 4.41. The van der Waals surface area contributed by atoms with Crippen molar-refractivity contribution in [2.24, 2.45) is 0 Å². The Hall–Kier alpha value is -2.24. The predicted octanol–water partition coefficient (Wildman–Crippen LogP) is 2.99. The van der Waals surface area contributed by atoms with Crippen LogP contribution in [0.1, 0.15) is 12.6 Å². The van der Waals surface area contributed by atoms with E-state index in [1.165, 1.54) is 11.8 Å². The van der Waals surface area contributed by atoms with Gasteiger partial charge in [0.1, 0.15) is 11.1 Å². The maximum absolute atomic E-state index is 12.6. The van der Waals surface area contributed by atoms with E-state index in [-0.39, 0.29) is 11.3 Å². The number of nitriles is 1. The van der Waals surface area contributed by atoms with Gasteiger partial charge in [0.15, 0.2) is 10.9 Å². The summed E-state index contributed by atoms with van der Waals surface area (Å²) in [7, 11) is 0. The van der Waals surface area contributed by atoms with Gasteiger partial charge in [-0.25, -0.2) is 4.98 Å². The number of hydrogen-bond donors (Lipinski definition) is 0. The van der Waals surface area contributed by atoms with Crippen molar-refractivity contribution in [2.75, 3.05) is 0 Å². The summed E-state index contributed by atoms with van der Waals surface area (Å²) in [6, 6.07) is 10.6. The van der Waals surface area contributed by atoms with Gasteiger partial charge in [0.05, 0.1) is 10.9 Å². The van der Waals surface area contributed by atoms with Crippen molar-refractivity contribution in [3.05, 3.63) is 50.9 Å². The summed E-state index contributed by atoms with van der Waals surface area (Å²) >= 11 is 4.62. The number of aromatic nitrogens is 4. The second-order valence-electron chi connectivity index (χ2n) is 4.58. The molecule has 0 bridgehead atoms. The normalized spacial score (nSPS) is 10.7. The first-order valence-corrected chi connectivity index (χ1v) is 8.35. The van der Waals surface area contributed by atoms with E-state index in [1.807, 2.05) is 19.1 Å². The number of nitrogens with zero attached hydrogens (tertiary/aromatic N) is 5. The summed E-state index contributed by atoms with van der Waals surface area (Å²) in [5, 5.41) is 18.2. The molecule has 0 saturated heterocycles. The lowest BCUT2D eigenvalue weighted by Crippen LogP contribution is -2.22. The molecule has 0 radical (unpaired) electrons. The molecular weight excluding hydrogens is 378 g/mol. The molecule has 6 nitrogen and oxygen atoms in total. The predicted molar refractivity (Wildman–Crippen MR) is 90.2 cm³/mol. The Bertz CT molecular complexity index is 978. The highest BCUT2D eigenvalue weighted by molar-refractivity contribution is 9.10. The van der Waals surface area contributed by atoms with Gasteiger partial charge in [-0.3, -0.25) is 9.36 Å². The SMILES string of the molecule is CCn1c(Sc2ccc(C#N)nn2)nc2ccc(Br)cc2c1=O. The molecule has 0 aliphatic carbocycles. The van der Waals surface area contributed by atoms with Crippen LogP contribution in [0.5, 0.6) is 0 Å². The third kappa shape index (κ3) is 3.11. The number of rotatable bonds is 3. The molecular formula is C15H10BrN5OS. The zero-order valence-corrected chi connectivity index (χ0v) is 14.4. The Morgan fingerprint density at radius 2 is 2.13 bits per heavy atom. The van der Waals surface area contributed by atoms with Crippen molar-refractivity contribution in [1.82, 2.24) is 19.7 Å². The van der Waals surface area contributed by atoms with Gasteiger partial charge in [0, 0.05) is 11.0 Å². The second-order valence-corrected chi connectivity index (χ2v) is 6.48. The summed E-state index contributed by atoms with van der Waals surface area (Å²) in [5.74, 6) is 0. The molecule has 0 aliphatic rings. The lowest BCUT2D eigenvalue weighted by atomic mass is 10.2. The molecule has 114 valence electrons. The number of halogens is 1. The molecule has 0 amide bonds. The van der Waals surface area contributed by atoms with E-state index >= 15 is 0 Å². The lowest BCUT2D eigenvalue weighted by molar-refractivity contribution is 0.633. The van der Waals surface area contributed by atoms with Crippen LogP contribution in [0.3, 0.4) is 0 Å². The highest BCUT2D eigenvalue weighted by atomic mass is 79.9. The molecule has 0 saturated carbocycles. The zero-order valence-electron chi connectivity index (χ0n) is 12.0. The summed E-state index contributed by atoms with van der Waals surface area (Å²) in [4.78, 5) is 17.2. The van der Waals surface area contributed by atoms with Crippen LogP contribution in [0, 0.1) is 11.3 Å². The average Bonchev–Trinajstić information content (AvgIpc) is 2.57. The van der Waals surface area contributed by atoms with Gasteiger partial charge in [0.25, 0.3) is 5.56 Å². The highest BCUT2D eigenvalue weighted by Gasteiger charge is 2.12. The summed E-state index contributed by atoms with van der Waals surface area (Å²) in [5.41, 5.74) is 0.786. The van der Waals surface area contributed by atoms with Gasteiger partial charge >= 0.3 is 0 Å². The van der Waals surface area contributed by atoms with Crippen LogP contribution in [0.15, 0.2) is 49.8 Å². The van der Waals surface area contributed by atoms with Gasteiger partial charge in [-0.15, -0.1) is 10.2 Å². The lowest BCUT2D eigenvalue weighted by Gasteiger charge is -2.10. The second kappa shape index (κ2) is 6.48. The quantitative estimate of drug-likeness (QED) is 0.642. The topological polar surface area (TPSA) is 84.5 Å². The van der Waals surface area contributed by atoms with E-state index in [0.29, 0.717) is 27.6 Å². The molecule has 3 aromatic rings. The standard InChI is InChI=1S/C15H10BrN5OS/c1-2-21-14(22)11-7-9(16)3-5-12(11)18-15(21)23-13-6-4-10(8-17)19-20-13/h3-7H,2H2,1H3. The summed E-state index contributed by atoms with van der Waals surface area (Å²) in [6.07, 6.45) is 0. The average molecular weight is 388 g/mol. The fourth-order valence-electron chi connectivity index (χ4n) is 2.06. The van der Waals surface area contributed by atoms with Crippen LogP contribution in [0.25, 0.3) is 10.9 Å². The van der Waals surface area contributed by atoms with Crippen molar-refractivity contribution < 1.29 is 0 Å². The van der Waals surface area contributed by atoms with Gasteiger partial charge in [0.2, 0.25) is 0 Å². The fraction of sp³-hybridized carbons (Fsp3) is 0.133. The van der Waals surface area contributed by atoms with Gasteiger partial charge in [-0.1, -0.05) is 15.9 Å². The van der Waals surface area contributed by atoms with E-state index in [1.54, 1.807) is 28.8 Å². The molecule has 8 heteroatoms. The summed E-state index contributed by atoms with van der Waals surface area (Å²) < 4.78 is 2.43. The van der Waals surface area contributed by atoms with E-state index < -0.39 is 0 Å². The molecule has 2 aromatic heterocycles. The maximum atomic E-state index is 12.6. The first-order valence-electron chi connectivity index (χ1n) is 6.74. The molecule has 1 aromatic carbocycles. The molecule has 23 heavy (non-hydrogen) atoms. The Labute approximate surface area is 144 Å². The molecule has 0 N–H and O–H groups in total. The number of benzene rings is 1. The maximum Gasteiger partial charge on any atom is 0.262 e. The summed E-state index contributed by atoms with van der Waals surface area (Å²) in [6.45, 7) is 2.39.